The van der Waals surface area contributed by atoms with Crippen molar-refractivity contribution in [1.29, 1.82) is 0 Å². The maximum absolute atomic E-state index is 13.0. The molecule has 7 nitrogen and oxygen atoms in total. The van der Waals surface area contributed by atoms with Gasteiger partial charge in [0.15, 0.2) is 0 Å². The summed E-state index contributed by atoms with van der Waals surface area (Å²) < 4.78 is 1.94. The number of rotatable bonds is 4. The van der Waals surface area contributed by atoms with Crippen LogP contribution in [0.3, 0.4) is 0 Å². The molecular weight excluding hydrogens is 376 g/mol. The second-order valence-electron chi connectivity index (χ2n) is 8.32. The highest BCUT2D eigenvalue weighted by Crippen LogP contribution is 2.39. The van der Waals surface area contributed by atoms with Crippen LogP contribution in [0.2, 0.25) is 0 Å². The van der Waals surface area contributed by atoms with Gasteiger partial charge in [-0.2, -0.15) is 5.10 Å². The van der Waals surface area contributed by atoms with Gasteiger partial charge in [0, 0.05) is 30.8 Å². The van der Waals surface area contributed by atoms with Gasteiger partial charge in [0.05, 0.1) is 17.4 Å². The maximum Gasteiger partial charge on any atom is 0.271 e. The number of benzene rings is 2. The first-order valence-electron chi connectivity index (χ1n) is 10.5. The van der Waals surface area contributed by atoms with Crippen LogP contribution in [-0.2, 0) is 0 Å². The second-order valence-corrected chi connectivity index (χ2v) is 8.32. The number of carbonyl (C=O) groups excluding carboxylic acids is 1. The predicted molar refractivity (Wildman–Crippen MR) is 113 cm³/mol. The minimum atomic E-state index is -0.0143. The first-order valence-corrected chi connectivity index (χ1v) is 10.5. The van der Waals surface area contributed by atoms with E-state index in [2.05, 4.69) is 51.0 Å². The van der Waals surface area contributed by atoms with Crippen molar-refractivity contribution in [2.75, 3.05) is 13.1 Å². The molecule has 0 radical (unpaired) electrons. The molecule has 3 heterocycles. The van der Waals surface area contributed by atoms with Crippen molar-refractivity contribution in [2.45, 2.75) is 31.2 Å². The number of aromatic nitrogens is 5. The Morgan fingerprint density at radius 2 is 1.90 bits per heavy atom. The highest BCUT2D eigenvalue weighted by molar-refractivity contribution is 5.94. The number of aromatic amines is 1. The van der Waals surface area contributed by atoms with E-state index in [1.807, 2.05) is 33.8 Å². The summed E-state index contributed by atoms with van der Waals surface area (Å²) in [6.07, 6.45) is 5.38. The fourth-order valence-corrected chi connectivity index (χ4v) is 4.28. The van der Waals surface area contributed by atoms with E-state index >= 15 is 0 Å². The topological polar surface area (TPSA) is 79.7 Å². The summed E-state index contributed by atoms with van der Waals surface area (Å²) in [6, 6.07) is 16.5. The van der Waals surface area contributed by atoms with Gasteiger partial charge in [0.25, 0.3) is 5.91 Å². The average molecular weight is 398 g/mol. The van der Waals surface area contributed by atoms with Crippen LogP contribution >= 0.6 is 0 Å². The Morgan fingerprint density at radius 3 is 2.77 bits per heavy atom. The molecule has 150 valence electrons. The number of likely N-dealkylation sites (tertiary alicyclic amines) is 1. The van der Waals surface area contributed by atoms with Crippen LogP contribution in [-0.4, -0.2) is 49.1 Å². The number of carbonyl (C=O) groups is 1. The van der Waals surface area contributed by atoms with Crippen molar-refractivity contribution in [3.05, 3.63) is 66.1 Å². The Hall–Kier alpha value is -3.48. The highest BCUT2D eigenvalue weighted by Gasteiger charge is 2.32. The number of nitrogens with one attached hydrogen (secondary N) is 1. The van der Waals surface area contributed by atoms with Gasteiger partial charge in [-0.3, -0.25) is 9.89 Å². The Bertz CT molecular complexity index is 1240. The molecule has 2 fully saturated rings. The smallest absolute Gasteiger partial charge is 0.271 e. The zero-order valence-electron chi connectivity index (χ0n) is 16.5. The number of amides is 1. The molecule has 4 aromatic rings. The Labute approximate surface area is 173 Å². The van der Waals surface area contributed by atoms with E-state index in [4.69, 9.17) is 0 Å². The van der Waals surface area contributed by atoms with Crippen molar-refractivity contribution in [3.8, 4) is 11.3 Å². The number of nitrogens with zero attached hydrogens (tertiary/aromatic N) is 5. The first kappa shape index (κ1) is 17.4. The molecule has 30 heavy (non-hydrogen) atoms. The SMILES string of the molecule is O=C(c1cc(-c2ccc3ccccc3c2)n[nH]1)N1CCC(n2cc(C3CC3)nn2)C1. The van der Waals surface area contributed by atoms with Crippen molar-refractivity contribution in [1.82, 2.24) is 30.1 Å². The molecular formula is C23H22N6O. The average Bonchev–Trinajstić information content (AvgIpc) is 3.19. The zero-order valence-corrected chi connectivity index (χ0v) is 16.5. The lowest BCUT2D eigenvalue weighted by molar-refractivity contribution is 0.0781. The van der Waals surface area contributed by atoms with Crippen molar-refractivity contribution >= 4 is 16.7 Å². The second kappa shape index (κ2) is 6.79. The standard InChI is InChI=1S/C23H22N6O/c30-23(28-10-9-19(13-28)29-14-22(26-27-29)16-6-7-16)21-12-20(24-25-21)18-8-5-15-3-1-2-4-17(15)11-18/h1-5,8,11-12,14,16,19H,6-7,9-10,13H2,(H,24,25). The van der Waals surface area contributed by atoms with Gasteiger partial charge in [-0.25, -0.2) is 4.68 Å². The fourth-order valence-electron chi connectivity index (χ4n) is 4.28. The summed E-state index contributed by atoms with van der Waals surface area (Å²) in [4.78, 5) is 14.9. The van der Waals surface area contributed by atoms with Gasteiger partial charge in [-0.05, 0) is 42.2 Å². The molecule has 0 spiro atoms. The van der Waals surface area contributed by atoms with E-state index in [9.17, 15) is 4.79 Å². The summed E-state index contributed by atoms with van der Waals surface area (Å²) in [7, 11) is 0. The van der Waals surface area contributed by atoms with Crippen LogP contribution in [0.1, 0.15) is 47.4 Å². The number of fused-ring (bicyclic) bond motifs is 1. The zero-order chi connectivity index (χ0) is 20.1. The molecule has 1 unspecified atom stereocenters. The van der Waals surface area contributed by atoms with Crippen LogP contribution in [0.15, 0.2) is 54.7 Å². The predicted octanol–water partition coefficient (Wildman–Crippen LogP) is 3.79. The maximum atomic E-state index is 13.0. The molecule has 1 N–H and O–H groups in total. The largest absolute Gasteiger partial charge is 0.335 e. The molecule has 1 aliphatic carbocycles. The third-order valence-corrected chi connectivity index (χ3v) is 6.20. The fraction of sp³-hybridized carbons (Fsp3) is 0.304. The summed E-state index contributed by atoms with van der Waals surface area (Å²) in [5.74, 6) is 0.580. The number of hydrogen-bond donors (Lipinski definition) is 1. The van der Waals surface area contributed by atoms with Crippen molar-refractivity contribution < 1.29 is 4.79 Å². The van der Waals surface area contributed by atoms with Gasteiger partial charge in [0.1, 0.15) is 5.69 Å². The Morgan fingerprint density at radius 1 is 1.03 bits per heavy atom. The van der Waals surface area contributed by atoms with Crippen LogP contribution in [0, 0.1) is 0 Å². The number of H-pyrrole nitrogens is 1. The molecule has 2 aromatic heterocycles. The Kier molecular flexibility index (Phi) is 3.94. The van der Waals surface area contributed by atoms with Crippen molar-refractivity contribution in [2.24, 2.45) is 0 Å². The van der Waals surface area contributed by atoms with E-state index in [0.717, 1.165) is 28.8 Å². The molecule has 7 heteroatoms. The summed E-state index contributed by atoms with van der Waals surface area (Å²) >= 11 is 0. The van der Waals surface area contributed by atoms with Crippen LogP contribution in [0.5, 0.6) is 0 Å². The Balaban J connectivity index is 1.18. The molecule has 2 aliphatic rings. The normalized spacial score (nSPS) is 18.9. The minimum absolute atomic E-state index is 0.0143. The van der Waals surface area contributed by atoms with E-state index in [-0.39, 0.29) is 11.9 Å². The summed E-state index contributed by atoms with van der Waals surface area (Å²) in [5.41, 5.74) is 3.40. The third kappa shape index (κ3) is 3.07. The van der Waals surface area contributed by atoms with Gasteiger partial charge < -0.3 is 4.90 Å². The molecule has 1 saturated carbocycles. The lowest BCUT2D eigenvalue weighted by Crippen LogP contribution is -2.29. The minimum Gasteiger partial charge on any atom is -0.335 e. The van der Waals surface area contributed by atoms with Gasteiger partial charge in [-0.15, -0.1) is 5.10 Å². The lowest BCUT2D eigenvalue weighted by Gasteiger charge is -2.15. The van der Waals surface area contributed by atoms with Gasteiger partial charge >= 0.3 is 0 Å². The molecule has 1 atom stereocenters. The van der Waals surface area contributed by atoms with Crippen molar-refractivity contribution in [3.63, 3.8) is 0 Å². The highest BCUT2D eigenvalue weighted by atomic mass is 16.2. The van der Waals surface area contributed by atoms with Gasteiger partial charge in [-0.1, -0.05) is 41.6 Å². The van der Waals surface area contributed by atoms with E-state index < -0.39 is 0 Å². The number of hydrogen-bond acceptors (Lipinski definition) is 4. The van der Waals surface area contributed by atoms with Gasteiger partial charge in [0.2, 0.25) is 0 Å². The lowest BCUT2D eigenvalue weighted by atomic mass is 10.1. The third-order valence-electron chi connectivity index (χ3n) is 6.20. The molecule has 0 bridgehead atoms. The van der Waals surface area contributed by atoms with E-state index in [1.54, 1.807) is 0 Å². The van der Waals surface area contributed by atoms with E-state index in [1.165, 1.54) is 18.2 Å². The molecule has 1 saturated heterocycles. The summed E-state index contributed by atoms with van der Waals surface area (Å²) in [5, 5.41) is 18.3. The van der Waals surface area contributed by atoms with Crippen LogP contribution in [0.4, 0.5) is 0 Å². The molecule has 1 aliphatic heterocycles. The van der Waals surface area contributed by atoms with E-state index in [0.29, 0.717) is 24.7 Å². The molecule has 2 aromatic carbocycles. The first-order chi connectivity index (χ1) is 14.7. The summed E-state index contributed by atoms with van der Waals surface area (Å²) in [6.45, 7) is 1.36. The van der Waals surface area contributed by atoms with Crippen LogP contribution < -0.4 is 0 Å². The van der Waals surface area contributed by atoms with Crippen LogP contribution in [0.25, 0.3) is 22.0 Å². The quantitative estimate of drug-likeness (QED) is 0.567. The molecule has 6 rings (SSSR count). The monoisotopic (exact) mass is 398 g/mol. The molecule has 1 amide bonds.